The van der Waals surface area contributed by atoms with Crippen molar-refractivity contribution in [3.8, 4) is 0 Å². The van der Waals surface area contributed by atoms with Crippen molar-refractivity contribution in [2.75, 3.05) is 0 Å². The number of rotatable bonds is 2. The molecule has 0 atom stereocenters. The van der Waals surface area contributed by atoms with Crippen molar-refractivity contribution in [1.82, 2.24) is 14.5 Å². The van der Waals surface area contributed by atoms with Crippen LogP contribution in [0.2, 0.25) is 0 Å². The van der Waals surface area contributed by atoms with E-state index in [4.69, 9.17) is 12.2 Å². The van der Waals surface area contributed by atoms with Gasteiger partial charge in [-0.3, -0.25) is 0 Å². The fraction of sp³-hybridized carbons (Fsp3) is 0.167. The summed E-state index contributed by atoms with van der Waals surface area (Å²) in [6, 6.07) is 3.18. The summed E-state index contributed by atoms with van der Waals surface area (Å²) in [6.07, 6.45) is 0. The van der Waals surface area contributed by atoms with Gasteiger partial charge in [0.2, 0.25) is 0 Å². The number of hydrogen-bond acceptors (Lipinski definition) is 3. The van der Waals surface area contributed by atoms with Crippen molar-refractivity contribution in [3.63, 3.8) is 0 Å². The van der Waals surface area contributed by atoms with Gasteiger partial charge in [0.15, 0.2) is 4.77 Å². The Morgan fingerprint density at radius 3 is 3.00 bits per heavy atom. The Morgan fingerprint density at radius 2 is 2.32 bits per heavy atom. The van der Waals surface area contributed by atoms with Gasteiger partial charge in [-0.05, 0) is 41.1 Å². The van der Waals surface area contributed by atoms with Gasteiger partial charge < -0.3 is 9.55 Å². The zero-order valence-electron chi connectivity index (χ0n) is 9.91. The van der Waals surface area contributed by atoms with Crippen molar-refractivity contribution in [2.24, 2.45) is 0 Å². The number of fused-ring (bicyclic) bond motifs is 1. The van der Waals surface area contributed by atoms with Crippen molar-refractivity contribution in [2.45, 2.75) is 13.5 Å². The molecule has 3 nitrogen and oxygen atoms in total. The predicted molar refractivity (Wildman–Crippen MR) is 80.7 cm³/mol. The average Bonchev–Trinajstić information content (AvgIpc) is 2.87. The first-order valence-corrected chi connectivity index (χ1v) is 7.61. The largest absolute Gasteiger partial charge is 0.331 e. The maximum atomic E-state index is 13.7. The lowest BCUT2D eigenvalue weighted by Gasteiger charge is -2.02. The van der Waals surface area contributed by atoms with Crippen LogP contribution in [0.3, 0.4) is 0 Å². The Kier molecular flexibility index (Phi) is 3.28. The van der Waals surface area contributed by atoms with E-state index in [1.165, 1.54) is 6.07 Å². The summed E-state index contributed by atoms with van der Waals surface area (Å²) in [5.74, 6) is -0.300. The summed E-state index contributed by atoms with van der Waals surface area (Å²) in [7, 11) is 0. The molecule has 2 heterocycles. The first-order chi connectivity index (χ1) is 9.04. The van der Waals surface area contributed by atoms with E-state index in [9.17, 15) is 4.39 Å². The molecule has 0 amide bonds. The molecule has 1 aromatic carbocycles. The Hall–Kier alpha value is -1.05. The second-order valence-electron chi connectivity index (χ2n) is 4.18. The van der Waals surface area contributed by atoms with Crippen LogP contribution in [0.25, 0.3) is 11.0 Å². The zero-order chi connectivity index (χ0) is 13.6. The SMILES string of the molecule is Cc1csc(Cn2c(=S)[nH]c3cc(Br)c(F)cc32)n1. The molecule has 0 spiro atoms. The molecule has 0 saturated heterocycles. The molecule has 7 heteroatoms. The molecule has 3 aromatic rings. The summed E-state index contributed by atoms with van der Waals surface area (Å²) < 4.78 is 16.5. The maximum absolute atomic E-state index is 13.7. The Morgan fingerprint density at radius 1 is 1.53 bits per heavy atom. The normalized spacial score (nSPS) is 11.3. The van der Waals surface area contributed by atoms with E-state index < -0.39 is 0 Å². The number of imidazole rings is 1. The van der Waals surface area contributed by atoms with Gasteiger partial charge in [-0.1, -0.05) is 0 Å². The molecule has 0 aliphatic carbocycles. The summed E-state index contributed by atoms with van der Waals surface area (Å²) in [4.78, 5) is 7.49. The van der Waals surface area contributed by atoms with Crippen LogP contribution < -0.4 is 0 Å². The Bertz CT molecular complexity index is 818. The molecule has 98 valence electrons. The quantitative estimate of drug-likeness (QED) is 0.689. The minimum atomic E-state index is -0.300. The lowest BCUT2D eigenvalue weighted by molar-refractivity contribution is 0.622. The fourth-order valence-corrected chi connectivity index (χ4v) is 3.30. The lowest BCUT2D eigenvalue weighted by Crippen LogP contribution is -1.99. The molecule has 0 radical (unpaired) electrons. The van der Waals surface area contributed by atoms with Crippen molar-refractivity contribution in [1.29, 1.82) is 0 Å². The molecule has 19 heavy (non-hydrogen) atoms. The smallest absolute Gasteiger partial charge is 0.178 e. The van der Waals surface area contributed by atoms with Crippen LogP contribution in [-0.2, 0) is 6.54 Å². The summed E-state index contributed by atoms with van der Waals surface area (Å²) >= 11 is 10.0. The Balaban J connectivity index is 2.15. The molecule has 1 N–H and O–H groups in total. The number of H-pyrrole nitrogens is 1. The van der Waals surface area contributed by atoms with Crippen molar-refractivity contribution < 1.29 is 4.39 Å². The molecule has 0 saturated carbocycles. The fourth-order valence-electron chi connectivity index (χ4n) is 1.92. The number of halogens is 2. The summed E-state index contributed by atoms with van der Waals surface area (Å²) in [5, 5.41) is 2.95. The van der Waals surface area contributed by atoms with Gasteiger partial charge in [0.1, 0.15) is 10.8 Å². The van der Waals surface area contributed by atoms with E-state index in [0.717, 1.165) is 21.7 Å². The molecule has 2 aromatic heterocycles. The third-order valence-corrected chi connectivity index (χ3v) is 4.66. The molecule has 0 aliphatic rings. The second kappa shape index (κ2) is 4.81. The number of nitrogens with zero attached hydrogens (tertiary/aromatic N) is 2. The van der Waals surface area contributed by atoms with Gasteiger partial charge >= 0.3 is 0 Å². The third-order valence-electron chi connectivity index (χ3n) is 2.78. The molecular weight excluding hydrogens is 349 g/mol. The van der Waals surface area contributed by atoms with Gasteiger partial charge in [-0.15, -0.1) is 11.3 Å². The van der Waals surface area contributed by atoms with E-state index in [1.807, 2.05) is 16.9 Å². The molecule has 3 rings (SSSR count). The number of aromatic nitrogens is 3. The highest BCUT2D eigenvalue weighted by atomic mass is 79.9. The van der Waals surface area contributed by atoms with Crippen LogP contribution in [0, 0.1) is 17.5 Å². The Labute approximate surface area is 126 Å². The van der Waals surface area contributed by atoms with E-state index in [1.54, 1.807) is 17.4 Å². The highest BCUT2D eigenvalue weighted by Crippen LogP contribution is 2.24. The molecular formula is C12H9BrFN3S2. The van der Waals surface area contributed by atoms with E-state index in [0.29, 0.717) is 15.8 Å². The number of benzene rings is 1. The van der Waals surface area contributed by atoms with Crippen LogP contribution >= 0.6 is 39.5 Å². The monoisotopic (exact) mass is 357 g/mol. The average molecular weight is 358 g/mol. The van der Waals surface area contributed by atoms with Gasteiger partial charge in [0.25, 0.3) is 0 Å². The highest BCUT2D eigenvalue weighted by Gasteiger charge is 2.10. The number of aromatic amines is 1. The standard InChI is InChI=1S/C12H9BrFN3S2/c1-6-5-19-11(15-6)4-17-10-3-8(14)7(13)2-9(10)16-12(17)18/h2-3,5H,4H2,1H3,(H,16,18). The molecule has 0 aliphatic heterocycles. The van der Waals surface area contributed by atoms with Crippen LogP contribution in [0.15, 0.2) is 22.0 Å². The number of hydrogen-bond donors (Lipinski definition) is 1. The van der Waals surface area contributed by atoms with Gasteiger partial charge in [-0.25, -0.2) is 9.37 Å². The number of aryl methyl sites for hydroxylation is 1. The topological polar surface area (TPSA) is 33.6 Å². The van der Waals surface area contributed by atoms with Gasteiger partial charge in [0.05, 0.1) is 22.1 Å². The molecule has 0 unspecified atom stereocenters. The van der Waals surface area contributed by atoms with Crippen molar-refractivity contribution in [3.05, 3.63) is 43.3 Å². The van der Waals surface area contributed by atoms with Gasteiger partial charge in [-0.2, -0.15) is 0 Å². The lowest BCUT2D eigenvalue weighted by atomic mass is 10.3. The van der Waals surface area contributed by atoms with E-state index in [2.05, 4.69) is 25.9 Å². The predicted octanol–water partition coefficient (Wildman–Crippen LogP) is 4.41. The third kappa shape index (κ3) is 2.37. The first kappa shape index (κ1) is 13.0. The number of thiazole rings is 1. The van der Waals surface area contributed by atoms with E-state index >= 15 is 0 Å². The van der Waals surface area contributed by atoms with Crippen LogP contribution in [0.1, 0.15) is 10.7 Å². The summed E-state index contributed by atoms with van der Waals surface area (Å²) in [6.45, 7) is 2.50. The van der Waals surface area contributed by atoms with Crippen LogP contribution in [0.4, 0.5) is 4.39 Å². The first-order valence-electron chi connectivity index (χ1n) is 5.53. The van der Waals surface area contributed by atoms with Crippen LogP contribution in [-0.4, -0.2) is 14.5 Å². The van der Waals surface area contributed by atoms with Crippen molar-refractivity contribution >= 4 is 50.5 Å². The maximum Gasteiger partial charge on any atom is 0.178 e. The molecule has 0 bridgehead atoms. The van der Waals surface area contributed by atoms with Crippen LogP contribution in [0.5, 0.6) is 0 Å². The highest BCUT2D eigenvalue weighted by molar-refractivity contribution is 9.10. The number of nitrogens with one attached hydrogen (secondary N) is 1. The summed E-state index contributed by atoms with van der Waals surface area (Å²) in [5.41, 5.74) is 2.55. The minimum Gasteiger partial charge on any atom is -0.331 e. The van der Waals surface area contributed by atoms with Gasteiger partial charge in [0, 0.05) is 17.1 Å². The zero-order valence-corrected chi connectivity index (χ0v) is 13.1. The molecule has 0 fully saturated rings. The van der Waals surface area contributed by atoms with E-state index in [-0.39, 0.29) is 5.82 Å². The minimum absolute atomic E-state index is 0.300. The second-order valence-corrected chi connectivity index (χ2v) is 6.37.